The molecule has 7 unspecified atom stereocenters. The molecule has 52 heavy (non-hydrogen) atoms. The number of carbonyl (C=O) groups is 2. The molecular weight excluding hydrogens is 666 g/mol. The summed E-state index contributed by atoms with van der Waals surface area (Å²) in [5, 5.41) is 6.30. The Labute approximate surface area is 306 Å². The Morgan fingerprint density at radius 1 is 0.981 bits per heavy atom. The van der Waals surface area contributed by atoms with Crippen LogP contribution in [-0.2, 0) is 24.0 Å². The number of anilines is 1. The summed E-state index contributed by atoms with van der Waals surface area (Å²) in [5.41, 5.74) is 0.194. The molecule has 1 aromatic carbocycles. The number of hydrogen-bond acceptors (Lipinski definition) is 11. The summed E-state index contributed by atoms with van der Waals surface area (Å²) < 4.78 is 18.7. The first-order chi connectivity index (χ1) is 25.1. The van der Waals surface area contributed by atoms with Gasteiger partial charge in [0.2, 0.25) is 11.7 Å². The molecule has 6 heterocycles. The van der Waals surface area contributed by atoms with Crippen molar-refractivity contribution in [3.05, 3.63) is 40.2 Å². The highest BCUT2D eigenvalue weighted by molar-refractivity contribution is 5.97. The van der Waals surface area contributed by atoms with Crippen molar-refractivity contribution in [1.29, 1.82) is 0 Å². The Morgan fingerprint density at radius 3 is 2.54 bits per heavy atom. The topological polar surface area (TPSA) is 135 Å². The van der Waals surface area contributed by atoms with Gasteiger partial charge in [0.1, 0.15) is 11.1 Å². The van der Waals surface area contributed by atoms with Crippen LogP contribution in [-0.4, -0.2) is 111 Å². The minimum Gasteiger partial charge on any atom is -0.422 e. The van der Waals surface area contributed by atoms with Gasteiger partial charge in [0.25, 0.3) is 5.91 Å². The molecule has 0 radical (unpaired) electrons. The van der Waals surface area contributed by atoms with Gasteiger partial charge >= 0.3 is 5.63 Å². The Hall–Kier alpha value is -3.07. The third kappa shape index (κ3) is 7.50. The van der Waals surface area contributed by atoms with Crippen molar-refractivity contribution in [2.45, 2.75) is 96.4 Å². The first-order valence-corrected chi connectivity index (χ1v) is 19.6. The van der Waals surface area contributed by atoms with Crippen molar-refractivity contribution in [2.24, 2.45) is 17.8 Å². The van der Waals surface area contributed by atoms with Crippen LogP contribution in [0.4, 0.5) is 5.69 Å². The minimum atomic E-state index is -0.732. The van der Waals surface area contributed by atoms with E-state index in [1.807, 2.05) is 25.1 Å². The molecule has 5 aliphatic heterocycles. The van der Waals surface area contributed by atoms with Crippen LogP contribution in [0.2, 0.25) is 0 Å². The third-order valence-corrected chi connectivity index (χ3v) is 12.5. The fourth-order valence-corrected chi connectivity index (χ4v) is 9.42. The Balaban J connectivity index is 0.800. The van der Waals surface area contributed by atoms with E-state index in [0.717, 1.165) is 90.0 Å². The van der Waals surface area contributed by atoms with Crippen LogP contribution in [0, 0.1) is 17.8 Å². The summed E-state index contributed by atoms with van der Waals surface area (Å²) in [7, 11) is 0. The summed E-state index contributed by atoms with van der Waals surface area (Å²) in [6.07, 6.45) is 7.20. The van der Waals surface area contributed by atoms with Crippen molar-refractivity contribution in [3.63, 3.8) is 0 Å². The molecule has 286 valence electrons. The van der Waals surface area contributed by atoms with Crippen LogP contribution in [0.1, 0.15) is 83.0 Å². The SMILES string of the molecule is CCN(CC)c1ccc2cc(C(=O)NCCNC(=O)CN3CCN(CCCC4OC5OC6(C)CCC7CCCC(C4C)C75OO6)CC3)c(=O)oc2c1. The number of piperazine rings is 1. The average Bonchev–Trinajstić information content (AvgIpc) is 3.37. The van der Waals surface area contributed by atoms with E-state index in [0.29, 0.717) is 35.3 Å². The van der Waals surface area contributed by atoms with E-state index in [1.165, 1.54) is 6.42 Å². The first kappa shape index (κ1) is 37.3. The lowest BCUT2D eigenvalue weighted by Crippen LogP contribution is -2.69. The van der Waals surface area contributed by atoms with E-state index < -0.39 is 22.9 Å². The van der Waals surface area contributed by atoms with Gasteiger partial charge < -0.3 is 34.3 Å². The molecule has 6 fully saturated rings. The molecule has 1 aromatic heterocycles. The van der Waals surface area contributed by atoms with E-state index in [1.54, 1.807) is 6.07 Å². The van der Waals surface area contributed by atoms with Crippen LogP contribution in [0.25, 0.3) is 11.0 Å². The number of nitrogens with one attached hydrogen (secondary N) is 2. The maximum absolute atomic E-state index is 12.8. The highest BCUT2D eigenvalue weighted by Gasteiger charge is 2.67. The maximum atomic E-state index is 12.8. The largest absolute Gasteiger partial charge is 0.422 e. The monoisotopic (exact) mass is 723 g/mol. The number of benzene rings is 1. The molecule has 2 amide bonds. The zero-order valence-electron chi connectivity index (χ0n) is 31.3. The first-order valence-electron chi connectivity index (χ1n) is 19.6. The molecule has 13 nitrogen and oxygen atoms in total. The van der Waals surface area contributed by atoms with Gasteiger partial charge in [0, 0.05) is 81.8 Å². The maximum Gasteiger partial charge on any atom is 0.349 e. The van der Waals surface area contributed by atoms with E-state index in [9.17, 15) is 14.4 Å². The molecule has 5 saturated heterocycles. The predicted molar refractivity (Wildman–Crippen MR) is 196 cm³/mol. The zero-order chi connectivity index (χ0) is 36.5. The number of fused-ring (bicyclic) bond motifs is 3. The molecule has 8 rings (SSSR count). The van der Waals surface area contributed by atoms with Gasteiger partial charge in [-0.25, -0.2) is 14.6 Å². The fourth-order valence-electron chi connectivity index (χ4n) is 9.42. The molecule has 1 aliphatic carbocycles. The van der Waals surface area contributed by atoms with Crippen LogP contribution < -0.4 is 21.2 Å². The fraction of sp³-hybridized carbons (Fsp3) is 0.718. The minimum absolute atomic E-state index is 0.0524. The smallest absolute Gasteiger partial charge is 0.349 e. The van der Waals surface area contributed by atoms with Crippen molar-refractivity contribution >= 4 is 28.5 Å². The lowest BCUT2D eigenvalue weighted by molar-refractivity contribution is -0.569. The Kier molecular flexibility index (Phi) is 11.3. The van der Waals surface area contributed by atoms with Crippen LogP contribution in [0.15, 0.2) is 33.5 Å². The predicted octanol–water partition coefficient (Wildman–Crippen LogP) is 3.89. The summed E-state index contributed by atoms with van der Waals surface area (Å²) in [4.78, 5) is 57.0. The van der Waals surface area contributed by atoms with Gasteiger partial charge in [-0.15, -0.1) is 0 Å². The van der Waals surface area contributed by atoms with Crippen molar-refractivity contribution < 1.29 is 33.3 Å². The third-order valence-electron chi connectivity index (χ3n) is 12.5. The van der Waals surface area contributed by atoms with E-state index in [-0.39, 0.29) is 37.0 Å². The van der Waals surface area contributed by atoms with Crippen LogP contribution >= 0.6 is 0 Å². The second-order valence-corrected chi connectivity index (χ2v) is 15.6. The molecule has 13 heteroatoms. The van der Waals surface area contributed by atoms with Crippen molar-refractivity contribution in [1.82, 2.24) is 20.4 Å². The molecule has 1 saturated carbocycles. The quantitative estimate of drug-likeness (QED) is 0.177. The zero-order valence-corrected chi connectivity index (χ0v) is 31.3. The molecule has 1 spiro atoms. The summed E-state index contributed by atoms with van der Waals surface area (Å²) in [5.74, 6) is -0.164. The van der Waals surface area contributed by atoms with Crippen LogP contribution in [0.5, 0.6) is 0 Å². The standard InChI is InChI=1S/C39H57N5O8/c1-5-44(6-2)29-13-12-27-23-30(36(47)48-33(27)24-29)35(46)41-17-16-40-34(45)25-43-21-19-42(20-22-43)18-8-11-32-26(3)31-10-7-9-28-14-15-38(4)50-37(49-32)39(28,31)52-51-38/h12-13,23-24,26,28,31-32,37H,5-11,14-22,25H2,1-4H3,(H,40,45)(H,41,46). The molecule has 2 aromatic rings. The van der Waals surface area contributed by atoms with Gasteiger partial charge in [0.15, 0.2) is 11.9 Å². The number of ether oxygens (including phenoxy) is 2. The molecule has 2 N–H and O–H groups in total. The van der Waals surface area contributed by atoms with Gasteiger partial charge in [-0.3, -0.25) is 14.5 Å². The second kappa shape index (κ2) is 15.7. The van der Waals surface area contributed by atoms with Gasteiger partial charge in [-0.1, -0.05) is 13.3 Å². The van der Waals surface area contributed by atoms with Crippen LogP contribution in [0.3, 0.4) is 0 Å². The molecule has 6 aliphatic rings. The van der Waals surface area contributed by atoms with Gasteiger partial charge in [0.05, 0.1) is 12.6 Å². The highest BCUT2D eigenvalue weighted by atomic mass is 17.3. The Morgan fingerprint density at radius 2 is 1.75 bits per heavy atom. The highest BCUT2D eigenvalue weighted by Crippen LogP contribution is 2.59. The van der Waals surface area contributed by atoms with E-state index in [4.69, 9.17) is 23.7 Å². The lowest BCUT2D eigenvalue weighted by atomic mass is 9.60. The second-order valence-electron chi connectivity index (χ2n) is 15.6. The lowest BCUT2D eigenvalue weighted by Gasteiger charge is -2.59. The average molecular weight is 724 g/mol. The number of amides is 2. The van der Waals surface area contributed by atoms with Gasteiger partial charge in [-0.2, -0.15) is 0 Å². The van der Waals surface area contributed by atoms with Crippen molar-refractivity contribution in [2.75, 3.05) is 70.3 Å². The van der Waals surface area contributed by atoms with Gasteiger partial charge in [-0.05, 0) is 89.5 Å². The number of nitrogens with zero attached hydrogens (tertiary/aromatic N) is 3. The molecule has 2 bridgehead atoms. The summed E-state index contributed by atoms with van der Waals surface area (Å²) >= 11 is 0. The molecule has 7 atom stereocenters. The normalized spacial score (nSPS) is 31.9. The Bertz CT molecular complexity index is 1640. The van der Waals surface area contributed by atoms with E-state index in [2.05, 4.69) is 46.1 Å². The van der Waals surface area contributed by atoms with E-state index >= 15 is 0 Å². The number of hydrogen-bond donors (Lipinski definition) is 2. The van der Waals surface area contributed by atoms with Crippen molar-refractivity contribution in [3.8, 4) is 0 Å². The number of rotatable bonds is 13. The summed E-state index contributed by atoms with van der Waals surface area (Å²) in [6, 6.07) is 7.20. The number of carbonyl (C=O) groups excluding carboxylic acids is 2. The molecular formula is C39H57N5O8. The summed E-state index contributed by atoms with van der Waals surface area (Å²) in [6.45, 7) is 15.4.